The molecule has 7 heteroatoms. The Morgan fingerprint density at radius 2 is 1.86 bits per heavy atom. The van der Waals surface area contributed by atoms with Gasteiger partial charge in [0, 0.05) is 16.5 Å². The number of halogens is 1. The van der Waals surface area contributed by atoms with Crippen molar-refractivity contribution in [3.8, 4) is 0 Å². The van der Waals surface area contributed by atoms with Gasteiger partial charge in [-0.05, 0) is 31.2 Å². The molecule has 1 aliphatic heterocycles. The van der Waals surface area contributed by atoms with Crippen LogP contribution in [0.2, 0.25) is 0 Å². The summed E-state index contributed by atoms with van der Waals surface area (Å²) >= 11 is 3.32. The van der Waals surface area contributed by atoms with E-state index in [1.165, 1.54) is 0 Å². The Hall–Kier alpha value is -2.98. The van der Waals surface area contributed by atoms with Crippen LogP contribution in [0.1, 0.15) is 18.9 Å². The van der Waals surface area contributed by atoms with Gasteiger partial charge in [-0.2, -0.15) is 0 Å². The van der Waals surface area contributed by atoms with E-state index in [1.807, 2.05) is 0 Å². The van der Waals surface area contributed by atoms with E-state index in [0.717, 1.165) is 9.37 Å². The minimum Gasteiger partial charge on any atom is -0.460 e. The highest BCUT2D eigenvalue weighted by Crippen LogP contribution is 2.43. The van der Waals surface area contributed by atoms with E-state index < -0.39 is 29.2 Å². The molecule has 3 rings (SSSR count). The molecule has 28 heavy (non-hydrogen) atoms. The second kappa shape index (κ2) is 7.95. The first-order valence-corrected chi connectivity index (χ1v) is 9.48. The van der Waals surface area contributed by atoms with Crippen molar-refractivity contribution in [2.24, 2.45) is 5.92 Å². The lowest BCUT2D eigenvalue weighted by Crippen LogP contribution is -2.45. The van der Waals surface area contributed by atoms with Gasteiger partial charge in [-0.15, -0.1) is 0 Å². The number of hydrogen-bond donors (Lipinski definition) is 0. The van der Waals surface area contributed by atoms with Gasteiger partial charge in [0.2, 0.25) is 11.8 Å². The lowest BCUT2D eigenvalue weighted by Gasteiger charge is -2.25. The largest absolute Gasteiger partial charge is 0.460 e. The van der Waals surface area contributed by atoms with Gasteiger partial charge < -0.3 is 4.74 Å². The van der Waals surface area contributed by atoms with E-state index in [4.69, 9.17) is 11.3 Å². The molecule has 2 aromatic carbocycles. The maximum absolute atomic E-state index is 13.2. The van der Waals surface area contributed by atoms with Gasteiger partial charge >= 0.3 is 11.5 Å². The number of rotatable bonds is 5. The van der Waals surface area contributed by atoms with E-state index >= 15 is 0 Å². The number of carbonyl (C=O) groups is 3. The maximum Gasteiger partial charge on any atom is 0.399 e. The number of imide groups is 1. The molecule has 2 aromatic rings. The van der Waals surface area contributed by atoms with Crippen LogP contribution in [0, 0.1) is 12.5 Å². The Balaban J connectivity index is 2.10. The standard InChI is InChI=1S/C21H17BrN2O4/c1-3-28-20(27)21(23-2,14-7-5-4-6-8-14)17-13-18(25)24(19(17)26)16-11-9-15(22)10-12-16/h4-12,17H,3,13H2,1H3/t17-,21+/m0/s1. The van der Waals surface area contributed by atoms with Crippen LogP contribution < -0.4 is 4.90 Å². The molecule has 1 fully saturated rings. The van der Waals surface area contributed by atoms with Crippen molar-refractivity contribution in [2.45, 2.75) is 18.9 Å². The molecule has 1 heterocycles. The van der Waals surface area contributed by atoms with Crippen molar-refractivity contribution in [3.63, 3.8) is 0 Å². The monoisotopic (exact) mass is 440 g/mol. The summed E-state index contributed by atoms with van der Waals surface area (Å²) in [7, 11) is 0. The summed E-state index contributed by atoms with van der Waals surface area (Å²) in [5.41, 5.74) is -1.17. The van der Waals surface area contributed by atoms with Crippen LogP contribution in [0.25, 0.3) is 4.85 Å². The first-order chi connectivity index (χ1) is 13.5. The van der Waals surface area contributed by atoms with Crippen molar-refractivity contribution < 1.29 is 19.1 Å². The minimum atomic E-state index is -1.91. The molecule has 0 unspecified atom stereocenters. The van der Waals surface area contributed by atoms with Crippen LogP contribution in [-0.4, -0.2) is 24.4 Å². The SMILES string of the molecule is [C-]#[N+][C@](C(=O)OCC)(c1ccccc1)[C@H]1CC(=O)N(c2ccc(Br)cc2)C1=O. The lowest BCUT2D eigenvalue weighted by atomic mass is 9.77. The highest BCUT2D eigenvalue weighted by atomic mass is 79.9. The molecule has 0 aliphatic carbocycles. The molecule has 0 spiro atoms. The average molecular weight is 441 g/mol. The summed E-state index contributed by atoms with van der Waals surface area (Å²) in [4.78, 5) is 43.5. The molecule has 2 amide bonds. The zero-order chi connectivity index (χ0) is 20.3. The van der Waals surface area contributed by atoms with E-state index in [2.05, 4.69) is 20.8 Å². The van der Waals surface area contributed by atoms with Crippen LogP contribution >= 0.6 is 15.9 Å². The molecule has 142 valence electrons. The van der Waals surface area contributed by atoms with E-state index in [-0.39, 0.29) is 13.0 Å². The minimum absolute atomic E-state index is 0.0637. The highest BCUT2D eigenvalue weighted by Gasteiger charge is 2.63. The van der Waals surface area contributed by atoms with Gasteiger partial charge in [0.05, 0.1) is 12.3 Å². The Kier molecular flexibility index (Phi) is 5.61. The predicted molar refractivity (Wildman–Crippen MR) is 106 cm³/mol. The molecular formula is C21H17BrN2O4. The van der Waals surface area contributed by atoms with E-state index in [0.29, 0.717) is 11.3 Å². The average Bonchev–Trinajstić information content (AvgIpc) is 2.99. The predicted octanol–water partition coefficient (Wildman–Crippen LogP) is 3.71. The van der Waals surface area contributed by atoms with Gasteiger partial charge in [0.15, 0.2) is 0 Å². The Labute approximate surface area is 171 Å². The summed E-state index contributed by atoms with van der Waals surface area (Å²) in [5.74, 6) is -3.02. The maximum atomic E-state index is 13.2. The molecule has 0 bridgehead atoms. The van der Waals surface area contributed by atoms with Crippen LogP contribution in [0.4, 0.5) is 5.69 Å². The van der Waals surface area contributed by atoms with Gasteiger partial charge in [0.1, 0.15) is 5.92 Å². The number of carbonyl (C=O) groups excluding carboxylic acids is 3. The van der Waals surface area contributed by atoms with Crippen LogP contribution in [0.5, 0.6) is 0 Å². The molecule has 1 saturated heterocycles. The zero-order valence-electron chi connectivity index (χ0n) is 15.1. The smallest absolute Gasteiger partial charge is 0.399 e. The molecule has 6 nitrogen and oxygen atoms in total. The fourth-order valence-corrected chi connectivity index (χ4v) is 3.67. The molecule has 1 aliphatic rings. The molecule has 0 N–H and O–H groups in total. The summed E-state index contributed by atoms with van der Waals surface area (Å²) in [5, 5.41) is 0. The first kappa shape index (κ1) is 19.8. The number of anilines is 1. The topological polar surface area (TPSA) is 68.0 Å². The molecule has 2 atom stereocenters. The third-order valence-corrected chi connectivity index (χ3v) is 5.24. The van der Waals surface area contributed by atoms with E-state index in [9.17, 15) is 14.4 Å². The normalized spacial score (nSPS) is 18.5. The van der Waals surface area contributed by atoms with Crippen molar-refractivity contribution in [1.82, 2.24) is 0 Å². The number of nitrogens with zero attached hydrogens (tertiary/aromatic N) is 2. The van der Waals surface area contributed by atoms with Gasteiger partial charge in [-0.3, -0.25) is 19.3 Å². The quantitative estimate of drug-likeness (QED) is 0.403. The van der Waals surface area contributed by atoms with Gasteiger partial charge in [-0.25, -0.2) is 11.4 Å². The number of benzene rings is 2. The molecular weight excluding hydrogens is 424 g/mol. The van der Waals surface area contributed by atoms with Gasteiger partial charge in [-0.1, -0.05) is 46.3 Å². The van der Waals surface area contributed by atoms with Crippen molar-refractivity contribution in [1.29, 1.82) is 0 Å². The third-order valence-electron chi connectivity index (χ3n) is 4.71. The van der Waals surface area contributed by atoms with Crippen molar-refractivity contribution in [3.05, 3.63) is 76.1 Å². The van der Waals surface area contributed by atoms with Crippen molar-refractivity contribution in [2.75, 3.05) is 11.5 Å². The summed E-state index contributed by atoms with van der Waals surface area (Å²) < 4.78 is 5.97. The van der Waals surface area contributed by atoms with Crippen molar-refractivity contribution >= 4 is 39.4 Å². The lowest BCUT2D eigenvalue weighted by molar-refractivity contribution is -0.152. The second-order valence-electron chi connectivity index (χ2n) is 6.27. The van der Waals surface area contributed by atoms with Crippen LogP contribution in [0.3, 0.4) is 0 Å². The fraction of sp³-hybridized carbons (Fsp3) is 0.238. The summed E-state index contributed by atoms with van der Waals surface area (Å²) in [6.07, 6.45) is -0.245. The highest BCUT2D eigenvalue weighted by molar-refractivity contribution is 9.10. The summed E-state index contributed by atoms with van der Waals surface area (Å²) in [6.45, 7) is 9.51. The van der Waals surface area contributed by atoms with Crippen LogP contribution in [-0.2, 0) is 24.7 Å². The molecule has 0 saturated carbocycles. The van der Waals surface area contributed by atoms with E-state index in [1.54, 1.807) is 61.5 Å². The molecule has 0 radical (unpaired) electrons. The second-order valence-corrected chi connectivity index (χ2v) is 7.18. The van der Waals surface area contributed by atoms with Gasteiger partial charge in [0.25, 0.3) is 0 Å². The number of amides is 2. The zero-order valence-corrected chi connectivity index (χ0v) is 16.7. The Bertz CT molecular complexity index is 953. The Morgan fingerprint density at radius 3 is 2.43 bits per heavy atom. The first-order valence-electron chi connectivity index (χ1n) is 8.69. The molecule has 0 aromatic heterocycles. The Morgan fingerprint density at radius 1 is 1.21 bits per heavy atom. The number of esters is 1. The third kappa shape index (κ3) is 3.20. The summed E-state index contributed by atoms with van der Waals surface area (Å²) in [6, 6.07) is 15.0. The number of hydrogen-bond acceptors (Lipinski definition) is 4. The van der Waals surface area contributed by atoms with Crippen LogP contribution in [0.15, 0.2) is 59.1 Å². The fourth-order valence-electron chi connectivity index (χ4n) is 3.40. The number of ether oxygens (including phenoxy) is 1.